The Hall–Kier alpha value is -0.680. The Morgan fingerprint density at radius 2 is 2.42 bits per heavy atom. The maximum Gasteiger partial charge on any atom is 0.359 e. The molecule has 0 fully saturated rings. The van der Waals surface area contributed by atoms with Gasteiger partial charge in [0.15, 0.2) is 5.69 Å². The zero-order valence-corrected chi connectivity index (χ0v) is 8.39. The van der Waals surface area contributed by atoms with Crippen LogP contribution in [-0.2, 0) is 4.74 Å². The SMILES string of the molecule is COC(=O)c1nc(Cl)cnc1Br. The third-order valence-electron chi connectivity index (χ3n) is 1.08. The van der Waals surface area contributed by atoms with Crippen molar-refractivity contribution in [2.24, 2.45) is 0 Å². The molecule has 1 aromatic heterocycles. The number of hydrogen-bond acceptors (Lipinski definition) is 4. The molecule has 0 saturated heterocycles. The summed E-state index contributed by atoms with van der Waals surface area (Å²) >= 11 is 8.55. The van der Waals surface area contributed by atoms with Crippen molar-refractivity contribution >= 4 is 33.5 Å². The molecule has 12 heavy (non-hydrogen) atoms. The highest BCUT2D eigenvalue weighted by Crippen LogP contribution is 2.14. The van der Waals surface area contributed by atoms with Crippen LogP contribution < -0.4 is 0 Å². The highest BCUT2D eigenvalue weighted by Gasteiger charge is 2.13. The topological polar surface area (TPSA) is 52.1 Å². The monoisotopic (exact) mass is 250 g/mol. The molecular formula is C6H4BrClN2O2. The largest absolute Gasteiger partial charge is 0.464 e. The van der Waals surface area contributed by atoms with Gasteiger partial charge in [-0.15, -0.1) is 0 Å². The molecule has 0 aliphatic rings. The van der Waals surface area contributed by atoms with Crippen molar-refractivity contribution in [3.63, 3.8) is 0 Å². The van der Waals surface area contributed by atoms with Crippen LogP contribution in [0.15, 0.2) is 10.8 Å². The van der Waals surface area contributed by atoms with Crippen LogP contribution in [-0.4, -0.2) is 23.0 Å². The first-order valence-corrected chi connectivity index (χ1v) is 4.08. The van der Waals surface area contributed by atoms with Crippen molar-refractivity contribution in [1.29, 1.82) is 0 Å². The number of ether oxygens (including phenoxy) is 1. The van der Waals surface area contributed by atoms with E-state index in [0.29, 0.717) is 4.60 Å². The minimum atomic E-state index is -0.572. The summed E-state index contributed by atoms with van der Waals surface area (Å²) in [5, 5.41) is 0.151. The third kappa shape index (κ3) is 1.92. The van der Waals surface area contributed by atoms with Crippen LogP contribution in [0.3, 0.4) is 0 Å². The zero-order chi connectivity index (χ0) is 9.14. The van der Waals surface area contributed by atoms with Crippen LogP contribution in [0, 0.1) is 0 Å². The molecule has 1 rings (SSSR count). The minimum absolute atomic E-state index is 0.0741. The van der Waals surface area contributed by atoms with Crippen molar-refractivity contribution in [3.05, 3.63) is 21.6 Å². The molecule has 6 heteroatoms. The van der Waals surface area contributed by atoms with E-state index < -0.39 is 5.97 Å². The second-order valence-corrected chi connectivity index (χ2v) is 2.96. The molecule has 0 atom stereocenters. The molecule has 1 heterocycles. The van der Waals surface area contributed by atoms with E-state index in [0.717, 1.165) is 0 Å². The van der Waals surface area contributed by atoms with E-state index in [1.807, 2.05) is 0 Å². The fraction of sp³-hybridized carbons (Fsp3) is 0.167. The molecule has 0 saturated carbocycles. The summed E-state index contributed by atoms with van der Waals surface area (Å²) < 4.78 is 4.76. The van der Waals surface area contributed by atoms with E-state index in [1.54, 1.807) is 0 Å². The minimum Gasteiger partial charge on any atom is -0.464 e. The molecule has 0 amide bonds. The predicted octanol–water partition coefficient (Wildman–Crippen LogP) is 1.68. The molecule has 0 unspecified atom stereocenters. The first-order valence-electron chi connectivity index (χ1n) is 2.91. The fourth-order valence-corrected chi connectivity index (χ4v) is 1.07. The lowest BCUT2D eigenvalue weighted by molar-refractivity contribution is 0.0592. The lowest BCUT2D eigenvalue weighted by Crippen LogP contribution is -2.06. The smallest absolute Gasteiger partial charge is 0.359 e. The average Bonchev–Trinajstić information content (AvgIpc) is 2.08. The van der Waals surface area contributed by atoms with Crippen molar-refractivity contribution in [1.82, 2.24) is 9.97 Å². The molecule has 0 spiro atoms. The summed E-state index contributed by atoms with van der Waals surface area (Å²) in [5.41, 5.74) is 0.0741. The molecule has 0 N–H and O–H groups in total. The Balaban J connectivity index is 3.13. The van der Waals surface area contributed by atoms with Crippen LogP contribution in [0.25, 0.3) is 0 Å². The highest BCUT2D eigenvalue weighted by atomic mass is 79.9. The van der Waals surface area contributed by atoms with Gasteiger partial charge in [-0.1, -0.05) is 11.6 Å². The molecule has 4 nitrogen and oxygen atoms in total. The predicted molar refractivity (Wildman–Crippen MR) is 46.1 cm³/mol. The second-order valence-electron chi connectivity index (χ2n) is 1.82. The van der Waals surface area contributed by atoms with Gasteiger partial charge in [0.2, 0.25) is 0 Å². The van der Waals surface area contributed by atoms with Gasteiger partial charge in [-0.25, -0.2) is 14.8 Å². The van der Waals surface area contributed by atoms with Gasteiger partial charge >= 0.3 is 5.97 Å². The maximum absolute atomic E-state index is 11.0. The molecule has 0 aliphatic heterocycles. The molecule has 0 radical (unpaired) electrons. The molecule has 0 aromatic carbocycles. The highest BCUT2D eigenvalue weighted by molar-refractivity contribution is 9.10. The normalized spacial score (nSPS) is 9.58. The van der Waals surface area contributed by atoms with Crippen molar-refractivity contribution < 1.29 is 9.53 Å². The van der Waals surface area contributed by atoms with Crippen LogP contribution in [0.2, 0.25) is 5.15 Å². The Labute approximate surface area is 82.0 Å². The van der Waals surface area contributed by atoms with Crippen molar-refractivity contribution in [3.8, 4) is 0 Å². The van der Waals surface area contributed by atoms with E-state index >= 15 is 0 Å². The molecule has 1 aromatic rings. The molecular weight excluding hydrogens is 247 g/mol. The van der Waals surface area contributed by atoms with Crippen molar-refractivity contribution in [2.45, 2.75) is 0 Å². The van der Waals surface area contributed by atoms with E-state index in [4.69, 9.17) is 11.6 Å². The number of nitrogens with zero attached hydrogens (tertiary/aromatic N) is 2. The van der Waals surface area contributed by atoms with Crippen LogP contribution in [0.5, 0.6) is 0 Å². The summed E-state index contributed by atoms with van der Waals surface area (Å²) in [5.74, 6) is -0.572. The third-order valence-corrected chi connectivity index (χ3v) is 1.84. The molecule has 0 aliphatic carbocycles. The quantitative estimate of drug-likeness (QED) is 0.713. The van der Waals surface area contributed by atoms with Gasteiger partial charge < -0.3 is 4.74 Å². The van der Waals surface area contributed by atoms with Crippen molar-refractivity contribution in [2.75, 3.05) is 7.11 Å². The van der Waals surface area contributed by atoms with Gasteiger partial charge in [0, 0.05) is 0 Å². The Kier molecular flexibility index (Phi) is 2.99. The van der Waals surface area contributed by atoms with Gasteiger partial charge in [-0.2, -0.15) is 0 Å². The number of hydrogen-bond donors (Lipinski definition) is 0. The number of esters is 1. The first kappa shape index (κ1) is 9.41. The lowest BCUT2D eigenvalue weighted by Gasteiger charge is -1.99. The Bertz CT molecular complexity index is 318. The number of methoxy groups -OCH3 is 1. The van der Waals surface area contributed by atoms with E-state index in [2.05, 4.69) is 30.6 Å². The number of carbonyl (C=O) groups excluding carboxylic acids is 1. The van der Waals surface area contributed by atoms with Crippen LogP contribution in [0.1, 0.15) is 10.5 Å². The standard InChI is InChI=1S/C6H4BrClN2O2/c1-12-6(11)4-5(7)9-2-3(8)10-4/h2H,1H3. The van der Waals surface area contributed by atoms with Crippen LogP contribution >= 0.6 is 27.5 Å². The molecule has 0 bridgehead atoms. The van der Waals surface area contributed by atoms with Gasteiger partial charge in [-0.05, 0) is 15.9 Å². The summed E-state index contributed by atoms with van der Waals surface area (Å²) in [4.78, 5) is 18.5. The number of rotatable bonds is 1. The summed E-state index contributed by atoms with van der Waals surface area (Å²) in [6.45, 7) is 0. The van der Waals surface area contributed by atoms with E-state index in [1.165, 1.54) is 13.3 Å². The van der Waals surface area contributed by atoms with Gasteiger partial charge in [0.1, 0.15) is 9.76 Å². The Morgan fingerprint density at radius 1 is 1.75 bits per heavy atom. The lowest BCUT2D eigenvalue weighted by atomic mass is 10.5. The van der Waals surface area contributed by atoms with Gasteiger partial charge in [-0.3, -0.25) is 0 Å². The first-order chi connectivity index (χ1) is 5.65. The van der Waals surface area contributed by atoms with E-state index in [9.17, 15) is 4.79 Å². The average molecular weight is 251 g/mol. The maximum atomic E-state index is 11.0. The summed E-state index contributed by atoms with van der Waals surface area (Å²) in [6, 6.07) is 0. The number of aromatic nitrogens is 2. The number of carbonyl (C=O) groups is 1. The zero-order valence-electron chi connectivity index (χ0n) is 6.04. The van der Waals surface area contributed by atoms with Crippen LogP contribution in [0.4, 0.5) is 0 Å². The molecule has 64 valence electrons. The summed E-state index contributed by atoms with van der Waals surface area (Å²) in [7, 11) is 1.26. The fourth-order valence-electron chi connectivity index (χ4n) is 0.579. The number of halogens is 2. The second kappa shape index (κ2) is 3.82. The van der Waals surface area contributed by atoms with E-state index in [-0.39, 0.29) is 10.8 Å². The Morgan fingerprint density at radius 3 is 3.00 bits per heavy atom. The summed E-state index contributed by atoms with van der Waals surface area (Å²) in [6.07, 6.45) is 1.33. The van der Waals surface area contributed by atoms with Gasteiger partial charge in [0.05, 0.1) is 13.3 Å². The van der Waals surface area contributed by atoms with Gasteiger partial charge in [0.25, 0.3) is 0 Å².